The molecule has 1 aliphatic heterocycles. The van der Waals surface area contributed by atoms with Gasteiger partial charge < -0.3 is 15.3 Å². The number of phenols is 1. The van der Waals surface area contributed by atoms with E-state index in [-0.39, 0.29) is 16.8 Å². The number of aromatic hydroxyl groups is 1. The minimum absolute atomic E-state index is 0.0532. The van der Waals surface area contributed by atoms with E-state index in [1.165, 1.54) is 6.08 Å². The van der Waals surface area contributed by atoms with Crippen LogP contribution in [0.5, 0.6) is 5.75 Å². The molecule has 0 atom stereocenters. The lowest BCUT2D eigenvalue weighted by Crippen LogP contribution is -2.62. The Hall–Kier alpha value is -2.73. The Morgan fingerprint density at radius 2 is 1.83 bits per heavy atom. The second-order valence-corrected chi connectivity index (χ2v) is 9.07. The lowest BCUT2D eigenvalue weighted by Gasteiger charge is -2.49. The number of aromatic nitrogens is 2. The first-order valence-corrected chi connectivity index (χ1v) is 9.84. The summed E-state index contributed by atoms with van der Waals surface area (Å²) in [5, 5.41) is 22.8. The molecule has 3 rings (SSSR count). The molecule has 1 aromatic carbocycles. The average molecular weight is 394 g/mol. The van der Waals surface area contributed by atoms with Crippen LogP contribution in [0.2, 0.25) is 0 Å². The van der Waals surface area contributed by atoms with E-state index in [0.29, 0.717) is 17.3 Å². The number of phenolic OH excluding ortho intramolecular Hbond substituents is 1. The van der Waals surface area contributed by atoms with Crippen molar-refractivity contribution in [1.82, 2.24) is 15.5 Å². The third-order valence-corrected chi connectivity index (χ3v) is 5.37. The molecule has 0 bridgehead atoms. The molecule has 0 saturated carbocycles. The molecule has 2 aromatic rings. The van der Waals surface area contributed by atoms with Gasteiger partial charge in [0.25, 0.3) is 0 Å². The summed E-state index contributed by atoms with van der Waals surface area (Å²) in [6.45, 7) is 8.94. The van der Waals surface area contributed by atoms with Crippen LogP contribution in [0.25, 0.3) is 17.3 Å². The number of carbonyl (C=O) groups excluding carboxylic acids is 1. The van der Waals surface area contributed by atoms with Gasteiger partial charge in [0.15, 0.2) is 5.82 Å². The number of nitrogens with zero attached hydrogens (tertiary/aromatic N) is 3. The summed E-state index contributed by atoms with van der Waals surface area (Å²) >= 11 is 0. The van der Waals surface area contributed by atoms with Crippen molar-refractivity contribution in [1.29, 1.82) is 0 Å². The van der Waals surface area contributed by atoms with Crippen LogP contribution in [0.4, 0.5) is 5.82 Å². The molecule has 6 heteroatoms. The Labute approximate surface area is 172 Å². The van der Waals surface area contributed by atoms with E-state index in [1.54, 1.807) is 24.5 Å². The van der Waals surface area contributed by atoms with Gasteiger partial charge in [0.1, 0.15) is 5.75 Å². The third-order valence-electron chi connectivity index (χ3n) is 5.37. The van der Waals surface area contributed by atoms with Crippen LogP contribution in [0.15, 0.2) is 36.4 Å². The summed E-state index contributed by atoms with van der Waals surface area (Å²) in [7, 11) is 2.06. The number of allylic oxidation sites excluding steroid dienone is 1. The fraction of sp³-hybridized carbons (Fsp3) is 0.435. The van der Waals surface area contributed by atoms with Crippen molar-refractivity contribution in [2.75, 3.05) is 11.9 Å². The van der Waals surface area contributed by atoms with Crippen LogP contribution in [0.3, 0.4) is 0 Å². The Morgan fingerprint density at radius 3 is 2.38 bits per heavy atom. The topological polar surface area (TPSA) is 78.4 Å². The molecule has 1 radical (unpaired) electrons. The first-order valence-electron chi connectivity index (χ1n) is 9.84. The highest BCUT2D eigenvalue weighted by atomic mass is 16.3. The molecular weight excluding hydrogens is 364 g/mol. The van der Waals surface area contributed by atoms with Crippen molar-refractivity contribution >= 4 is 18.2 Å². The second-order valence-electron chi connectivity index (χ2n) is 9.07. The molecule has 1 fully saturated rings. The zero-order chi connectivity index (χ0) is 21.2. The van der Waals surface area contributed by atoms with Gasteiger partial charge in [-0.1, -0.05) is 12.1 Å². The van der Waals surface area contributed by atoms with Gasteiger partial charge in [0.05, 0.1) is 5.69 Å². The van der Waals surface area contributed by atoms with Gasteiger partial charge in [-0.3, -0.25) is 4.79 Å². The number of benzene rings is 1. The van der Waals surface area contributed by atoms with Crippen LogP contribution >= 0.6 is 0 Å². The Balaban J connectivity index is 1.79. The molecule has 0 aliphatic carbocycles. The lowest BCUT2D eigenvalue weighted by molar-refractivity contribution is 0.160. The number of piperidine rings is 1. The lowest BCUT2D eigenvalue weighted by atomic mass is 9.79. The van der Waals surface area contributed by atoms with Gasteiger partial charge in [-0.2, -0.15) is 0 Å². The fourth-order valence-corrected chi connectivity index (χ4v) is 4.39. The van der Waals surface area contributed by atoms with Gasteiger partial charge in [-0.25, -0.2) is 0 Å². The van der Waals surface area contributed by atoms with Crippen LogP contribution in [-0.4, -0.2) is 45.8 Å². The molecule has 2 heterocycles. The molecule has 0 spiro atoms. The maximum Gasteiger partial charge on any atom is 0.225 e. The van der Waals surface area contributed by atoms with Gasteiger partial charge in [-0.15, -0.1) is 10.2 Å². The summed E-state index contributed by atoms with van der Waals surface area (Å²) in [4.78, 5) is 12.5. The standard InChI is InChI=1S/C23H29N4O2/c1-22(2)14-17(15-23(3,4)26-22)27(5)21-11-10-19(24-25-21)18-9-8-16(7-6-12-28)13-20(18)29/h6-11,13,17,26,29H,14-15H2,1-5H3/b7-6+. The Morgan fingerprint density at radius 1 is 1.14 bits per heavy atom. The van der Waals surface area contributed by atoms with E-state index in [9.17, 15) is 9.90 Å². The van der Waals surface area contributed by atoms with Crippen molar-refractivity contribution in [2.24, 2.45) is 0 Å². The summed E-state index contributed by atoms with van der Waals surface area (Å²) in [6, 6.07) is 9.34. The third kappa shape index (κ3) is 5.01. The maximum atomic E-state index is 10.3. The van der Waals surface area contributed by atoms with E-state index in [4.69, 9.17) is 0 Å². The van der Waals surface area contributed by atoms with Crippen LogP contribution < -0.4 is 10.2 Å². The zero-order valence-corrected chi connectivity index (χ0v) is 17.7. The fourth-order valence-electron chi connectivity index (χ4n) is 4.39. The summed E-state index contributed by atoms with van der Waals surface area (Å²) in [6.07, 6.45) is 6.58. The monoisotopic (exact) mass is 393 g/mol. The van der Waals surface area contributed by atoms with Crippen LogP contribution in [0, 0.1) is 0 Å². The van der Waals surface area contributed by atoms with Gasteiger partial charge in [0.2, 0.25) is 6.29 Å². The van der Waals surface area contributed by atoms with Gasteiger partial charge in [0, 0.05) is 29.7 Å². The first-order chi connectivity index (χ1) is 13.6. The second kappa shape index (κ2) is 7.95. The predicted octanol–water partition coefficient (Wildman–Crippen LogP) is 3.72. The highest BCUT2D eigenvalue weighted by Crippen LogP contribution is 2.33. The normalized spacial score (nSPS) is 18.7. The summed E-state index contributed by atoms with van der Waals surface area (Å²) < 4.78 is 0. The number of rotatable bonds is 5. The Bertz CT molecular complexity index is 888. The minimum Gasteiger partial charge on any atom is -0.507 e. The highest BCUT2D eigenvalue weighted by Gasteiger charge is 2.39. The van der Waals surface area contributed by atoms with E-state index in [0.717, 1.165) is 24.2 Å². The van der Waals surface area contributed by atoms with Crippen LogP contribution in [-0.2, 0) is 4.79 Å². The van der Waals surface area contributed by atoms with Crippen molar-refractivity contribution in [3.63, 3.8) is 0 Å². The first kappa shape index (κ1) is 21.0. The predicted molar refractivity (Wildman–Crippen MR) is 117 cm³/mol. The minimum atomic E-state index is 0.0532. The SMILES string of the molecule is CN(c1ccc(-c2ccc(/C=C/[C]=O)cc2O)nn1)C1CC(C)(C)NC(C)(C)C1. The molecule has 153 valence electrons. The summed E-state index contributed by atoms with van der Waals surface area (Å²) in [5.74, 6) is 0.906. The number of nitrogens with one attached hydrogen (secondary N) is 1. The number of hydrogen-bond acceptors (Lipinski definition) is 6. The molecule has 1 aliphatic rings. The zero-order valence-electron chi connectivity index (χ0n) is 17.7. The van der Waals surface area contributed by atoms with Gasteiger partial charge >= 0.3 is 0 Å². The number of anilines is 1. The largest absolute Gasteiger partial charge is 0.507 e. The molecule has 29 heavy (non-hydrogen) atoms. The quantitative estimate of drug-likeness (QED) is 0.754. The van der Waals surface area contributed by atoms with E-state index in [1.807, 2.05) is 18.2 Å². The van der Waals surface area contributed by atoms with Crippen molar-refractivity contribution in [3.05, 3.63) is 42.0 Å². The average Bonchev–Trinajstić information content (AvgIpc) is 2.63. The maximum absolute atomic E-state index is 10.3. The van der Waals surface area contributed by atoms with E-state index >= 15 is 0 Å². The molecule has 2 N–H and O–H groups in total. The van der Waals surface area contributed by atoms with E-state index in [2.05, 4.69) is 55.2 Å². The van der Waals surface area contributed by atoms with Crippen molar-refractivity contribution < 1.29 is 9.90 Å². The molecule has 1 saturated heterocycles. The molecular formula is C23H29N4O2. The Kier molecular flexibility index (Phi) is 5.75. The molecule has 0 unspecified atom stereocenters. The number of hydrogen-bond donors (Lipinski definition) is 2. The van der Waals surface area contributed by atoms with Crippen molar-refractivity contribution in [2.45, 2.75) is 57.7 Å². The smallest absolute Gasteiger partial charge is 0.225 e. The summed E-state index contributed by atoms with van der Waals surface area (Å²) in [5.41, 5.74) is 2.02. The van der Waals surface area contributed by atoms with E-state index < -0.39 is 0 Å². The van der Waals surface area contributed by atoms with Gasteiger partial charge in [-0.05, 0) is 76.4 Å². The highest BCUT2D eigenvalue weighted by molar-refractivity contribution is 5.76. The molecule has 0 amide bonds. The molecule has 1 aromatic heterocycles. The van der Waals surface area contributed by atoms with Crippen LogP contribution in [0.1, 0.15) is 46.1 Å². The molecule has 6 nitrogen and oxygen atoms in total. The van der Waals surface area contributed by atoms with Crippen molar-refractivity contribution in [3.8, 4) is 17.0 Å².